The van der Waals surface area contributed by atoms with Crippen LogP contribution in [0.5, 0.6) is 0 Å². The molecule has 18 heavy (non-hydrogen) atoms. The second-order valence-corrected chi connectivity index (χ2v) is 7.46. The highest BCUT2D eigenvalue weighted by atomic mass is 32.1. The molecule has 0 bridgehead atoms. The Labute approximate surface area is 115 Å². The number of rotatable bonds is 3. The normalized spacial score (nSPS) is 14.1. The SMILES string of the molecule is CCCC(C)c1cc2cc(C(C)(C)C)ccc2s1. The first-order chi connectivity index (χ1) is 8.41. The van der Waals surface area contributed by atoms with Gasteiger partial charge in [-0.25, -0.2) is 0 Å². The van der Waals surface area contributed by atoms with E-state index in [1.807, 2.05) is 11.3 Å². The summed E-state index contributed by atoms with van der Waals surface area (Å²) in [5, 5.41) is 1.42. The lowest BCUT2D eigenvalue weighted by molar-refractivity contribution is 0.591. The average molecular weight is 260 g/mol. The van der Waals surface area contributed by atoms with Crippen molar-refractivity contribution in [1.82, 2.24) is 0 Å². The van der Waals surface area contributed by atoms with Crippen LogP contribution >= 0.6 is 11.3 Å². The van der Waals surface area contributed by atoms with Crippen LogP contribution in [0.2, 0.25) is 0 Å². The fourth-order valence-electron chi connectivity index (χ4n) is 2.35. The topological polar surface area (TPSA) is 0 Å². The Morgan fingerprint density at radius 3 is 2.50 bits per heavy atom. The Bertz CT molecular complexity index is 528. The Kier molecular flexibility index (Phi) is 3.82. The highest BCUT2D eigenvalue weighted by Crippen LogP contribution is 2.35. The minimum Gasteiger partial charge on any atom is -0.140 e. The number of thiophene rings is 1. The molecule has 1 atom stereocenters. The van der Waals surface area contributed by atoms with Crippen LogP contribution in [0.15, 0.2) is 24.3 Å². The maximum atomic E-state index is 2.40. The number of fused-ring (bicyclic) bond motifs is 1. The lowest BCUT2D eigenvalue weighted by atomic mass is 9.86. The van der Waals surface area contributed by atoms with Gasteiger partial charge in [0.2, 0.25) is 0 Å². The second kappa shape index (κ2) is 5.05. The average Bonchev–Trinajstić information content (AvgIpc) is 2.70. The second-order valence-electron chi connectivity index (χ2n) is 6.34. The molecule has 0 radical (unpaired) electrons. The first kappa shape index (κ1) is 13.6. The summed E-state index contributed by atoms with van der Waals surface area (Å²) in [4.78, 5) is 1.54. The first-order valence-corrected chi connectivity index (χ1v) is 7.77. The molecule has 1 aromatic carbocycles. The van der Waals surface area contributed by atoms with Crippen molar-refractivity contribution in [3.63, 3.8) is 0 Å². The van der Waals surface area contributed by atoms with Gasteiger partial charge in [-0.1, -0.05) is 47.1 Å². The summed E-state index contributed by atoms with van der Waals surface area (Å²) in [6.45, 7) is 11.4. The van der Waals surface area contributed by atoms with Gasteiger partial charge >= 0.3 is 0 Å². The minimum atomic E-state index is 0.241. The van der Waals surface area contributed by atoms with Crippen molar-refractivity contribution in [2.24, 2.45) is 0 Å². The van der Waals surface area contributed by atoms with E-state index in [1.165, 1.54) is 33.4 Å². The zero-order valence-corrected chi connectivity index (χ0v) is 13.0. The Balaban J connectivity index is 2.40. The van der Waals surface area contributed by atoms with Gasteiger partial charge < -0.3 is 0 Å². The number of benzene rings is 1. The molecule has 0 aliphatic heterocycles. The van der Waals surface area contributed by atoms with Crippen molar-refractivity contribution in [3.05, 3.63) is 34.7 Å². The Morgan fingerprint density at radius 2 is 1.89 bits per heavy atom. The molecule has 0 aliphatic rings. The summed E-state index contributed by atoms with van der Waals surface area (Å²) in [6.07, 6.45) is 2.56. The third kappa shape index (κ3) is 2.77. The number of hydrogen-bond donors (Lipinski definition) is 0. The maximum absolute atomic E-state index is 2.40. The quantitative estimate of drug-likeness (QED) is 0.625. The fraction of sp³-hybridized carbons (Fsp3) is 0.529. The molecule has 2 rings (SSSR count). The van der Waals surface area contributed by atoms with E-state index in [9.17, 15) is 0 Å². The molecule has 0 aliphatic carbocycles. The van der Waals surface area contributed by atoms with Crippen LogP contribution in [-0.4, -0.2) is 0 Å². The van der Waals surface area contributed by atoms with Gasteiger partial charge in [-0.05, 0) is 46.9 Å². The van der Waals surface area contributed by atoms with Crippen molar-refractivity contribution >= 4 is 21.4 Å². The summed E-state index contributed by atoms with van der Waals surface area (Å²) < 4.78 is 1.43. The molecule has 1 unspecified atom stereocenters. The third-order valence-corrected chi connectivity index (χ3v) is 4.96. The largest absolute Gasteiger partial charge is 0.140 e. The van der Waals surface area contributed by atoms with Crippen LogP contribution in [0, 0.1) is 0 Å². The molecule has 0 fully saturated rings. The van der Waals surface area contributed by atoms with Crippen molar-refractivity contribution in [3.8, 4) is 0 Å². The smallest absolute Gasteiger partial charge is 0.0345 e. The molecule has 0 spiro atoms. The highest BCUT2D eigenvalue weighted by Gasteiger charge is 2.15. The van der Waals surface area contributed by atoms with Gasteiger partial charge in [0.1, 0.15) is 0 Å². The maximum Gasteiger partial charge on any atom is 0.0345 e. The van der Waals surface area contributed by atoms with Crippen LogP contribution < -0.4 is 0 Å². The fourth-order valence-corrected chi connectivity index (χ4v) is 3.48. The summed E-state index contributed by atoms with van der Waals surface area (Å²) in [6, 6.07) is 9.35. The van der Waals surface area contributed by atoms with Gasteiger partial charge in [0.25, 0.3) is 0 Å². The van der Waals surface area contributed by atoms with E-state index in [4.69, 9.17) is 0 Å². The standard InChI is InChI=1S/C17H24S/c1-6-7-12(2)16-11-13-10-14(17(3,4)5)8-9-15(13)18-16/h8-12H,6-7H2,1-5H3. The van der Waals surface area contributed by atoms with E-state index < -0.39 is 0 Å². The molecule has 0 amide bonds. The van der Waals surface area contributed by atoms with E-state index in [-0.39, 0.29) is 5.41 Å². The molecule has 2 aromatic rings. The van der Waals surface area contributed by atoms with Gasteiger partial charge in [-0.15, -0.1) is 11.3 Å². The van der Waals surface area contributed by atoms with E-state index in [0.717, 1.165) is 0 Å². The summed E-state index contributed by atoms with van der Waals surface area (Å²) >= 11 is 1.96. The number of hydrogen-bond acceptors (Lipinski definition) is 1. The molecule has 98 valence electrons. The molecule has 1 aromatic heterocycles. The van der Waals surface area contributed by atoms with Gasteiger partial charge in [-0.3, -0.25) is 0 Å². The predicted molar refractivity (Wildman–Crippen MR) is 83.8 cm³/mol. The van der Waals surface area contributed by atoms with Gasteiger partial charge in [0.05, 0.1) is 0 Å². The van der Waals surface area contributed by atoms with Gasteiger partial charge in [0, 0.05) is 9.58 Å². The van der Waals surface area contributed by atoms with E-state index in [2.05, 4.69) is 58.9 Å². The lowest BCUT2D eigenvalue weighted by Crippen LogP contribution is -2.10. The van der Waals surface area contributed by atoms with Crippen molar-refractivity contribution < 1.29 is 0 Å². The zero-order chi connectivity index (χ0) is 13.3. The van der Waals surface area contributed by atoms with Crippen LogP contribution in [0.4, 0.5) is 0 Å². The lowest BCUT2D eigenvalue weighted by Gasteiger charge is -2.18. The Morgan fingerprint density at radius 1 is 1.17 bits per heavy atom. The van der Waals surface area contributed by atoms with E-state index >= 15 is 0 Å². The molecule has 0 N–H and O–H groups in total. The summed E-state index contributed by atoms with van der Waals surface area (Å²) in [7, 11) is 0. The Hall–Kier alpha value is -0.820. The minimum absolute atomic E-state index is 0.241. The van der Waals surface area contributed by atoms with E-state index in [1.54, 1.807) is 0 Å². The third-order valence-electron chi connectivity index (χ3n) is 3.61. The molecule has 1 heterocycles. The molecule has 0 saturated carbocycles. The van der Waals surface area contributed by atoms with Crippen LogP contribution in [-0.2, 0) is 5.41 Å². The zero-order valence-electron chi connectivity index (χ0n) is 12.2. The van der Waals surface area contributed by atoms with Crippen LogP contribution in [0.25, 0.3) is 10.1 Å². The van der Waals surface area contributed by atoms with Gasteiger partial charge in [-0.2, -0.15) is 0 Å². The molecule has 1 heteroatoms. The first-order valence-electron chi connectivity index (χ1n) is 6.96. The highest BCUT2D eigenvalue weighted by molar-refractivity contribution is 7.19. The van der Waals surface area contributed by atoms with E-state index in [0.29, 0.717) is 5.92 Å². The summed E-state index contributed by atoms with van der Waals surface area (Å²) in [5.74, 6) is 0.700. The van der Waals surface area contributed by atoms with Gasteiger partial charge in [0.15, 0.2) is 0 Å². The monoisotopic (exact) mass is 260 g/mol. The predicted octanol–water partition coefficient (Wildman–Crippen LogP) is 6.10. The summed E-state index contributed by atoms with van der Waals surface area (Å²) in [5.41, 5.74) is 1.67. The molecule has 0 nitrogen and oxygen atoms in total. The molecular weight excluding hydrogens is 236 g/mol. The molecular formula is C17H24S. The molecule has 0 saturated heterocycles. The van der Waals surface area contributed by atoms with Crippen LogP contribution in [0.3, 0.4) is 0 Å². The van der Waals surface area contributed by atoms with Crippen LogP contribution in [0.1, 0.15) is 63.8 Å². The van der Waals surface area contributed by atoms with Crippen molar-refractivity contribution in [2.45, 2.75) is 58.8 Å². The van der Waals surface area contributed by atoms with Crippen molar-refractivity contribution in [2.75, 3.05) is 0 Å². The van der Waals surface area contributed by atoms with Crippen molar-refractivity contribution in [1.29, 1.82) is 0 Å².